The minimum atomic E-state index is -4.41. The van der Waals surface area contributed by atoms with Gasteiger partial charge < -0.3 is 19.9 Å². The minimum Gasteiger partial charge on any atom is -0.495 e. The molecule has 2 atom stereocenters. The quantitative estimate of drug-likeness (QED) is 0.799. The molecule has 2 aromatic carbocycles. The number of anilines is 2. The van der Waals surface area contributed by atoms with Crippen LogP contribution in [-0.4, -0.2) is 45.2 Å². The zero-order valence-corrected chi connectivity index (χ0v) is 17.6. The number of methoxy groups -OCH3 is 1. The lowest BCUT2D eigenvalue weighted by Gasteiger charge is -2.49. The van der Waals surface area contributed by atoms with E-state index in [0.717, 1.165) is 23.2 Å². The predicted octanol–water partition coefficient (Wildman–Crippen LogP) is 3.72. The predicted molar refractivity (Wildman–Crippen MR) is 114 cm³/mol. The maximum Gasteiger partial charge on any atom is 0.416 e. The summed E-state index contributed by atoms with van der Waals surface area (Å²) < 4.78 is 45.3. The van der Waals surface area contributed by atoms with Gasteiger partial charge in [0.1, 0.15) is 5.75 Å². The number of rotatable bonds is 4. The van der Waals surface area contributed by atoms with Crippen molar-refractivity contribution in [3.05, 3.63) is 53.6 Å². The lowest BCUT2D eigenvalue weighted by molar-refractivity contribution is -0.137. The molecule has 31 heavy (non-hydrogen) atoms. The third-order valence-electron chi connectivity index (χ3n) is 6.15. The number of hydrogen-bond acceptors (Lipinski definition) is 4. The molecule has 1 amide bonds. The highest BCUT2D eigenvalue weighted by atomic mass is 19.4. The normalized spacial score (nSPS) is 20.7. The van der Waals surface area contributed by atoms with Crippen molar-refractivity contribution in [3.8, 4) is 5.75 Å². The Morgan fingerprint density at radius 3 is 2.65 bits per heavy atom. The number of amides is 1. The van der Waals surface area contributed by atoms with Gasteiger partial charge in [0.2, 0.25) is 5.91 Å². The van der Waals surface area contributed by atoms with E-state index in [1.807, 2.05) is 31.2 Å². The molecule has 0 aromatic heterocycles. The molecule has 1 fully saturated rings. The number of carbonyl (C=O) groups is 1. The van der Waals surface area contributed by atoms with Crippen LogP contribution in [0.25, 0.3) is 0 Å². The maximum atomic E-state index is 13.3. The van der Waals surface area contributed by atoms with Crippen LogP contribution in [0.15, 0.2) is 42.5 Å². The number of alkyl halides is 3. The first-order valence-corrected chi connectivity index (χ1v) is 10.5. The molecule has 2 heterocycles. The van der Waals surface area contributed by atoms with E-state index in [4.69, 9.17) is 4.74 Å². The highest BCUT2D eigenvalue weighted by Crippen LogP contribution is 2.41. The summed E-state index contributed by atoms with van der Waals surface area (Å²) in [6.07, 6.45) is -4.12. The Bertz CT molecular complexity index is 963. The third-order valence-corrected chi connectivity index (χ3v) is 6.15. The van der Waals surface area contributed by atoms with Crippen LogP contribution in [0.4, 0.5) is 24.5 Å². The molecule has 0 aliphatic carbocycles. The van der Waals surface area contributed by atoms with Crippen LogP contribution in [0.2, 0.25) is 0 Å². The second kappa shape index (κ2) is 8.32. The van der Waals surface area contributed by atoms with Crippen LogP contribution in [0.1, 0.15) is 18.1 Å². The Morgan fingerprint density at radius 2 is 1.94 bits per heavy atom. The largest absolute Gasteiger partial charge is 0.495 e. The van der Waals surface area contributed by atoms with E-state index in [9.17, 15) is 18.0 Å². The smallest absolute Gasteiger partial charge is 0.416 e. The molecule has 0 spiro atoms. The van der Waals surface area contributed by atoms with Crippen molar-refractivity contribution < 1.29 is 22.7 Å². The number of carbonyl (C=O) groups excluding carboxylic acids is 1. The van der Waals surface area contributed by atoms with Gasteiger partial charge in [-0.25, -0.2) is 0 Å². The van der Waals surface area contributed by atoms with E-state index in [2.05, 4.69) is 15.1 Å². The lowest BCUT2D eigenvalue weighted by atomic mass is 9.82. The topological polar surface area (TPSA) is 44.8 Å². The first-order chi connectivity index (χ1) is 14.8. The Morgan fingerprint density at radius 1 is 1.16 bits per heavy atom. The number of nitrogens with zero attached hydrogens (tertiary/aromatic N) is 2. The van der Waals surface area contributed by atoms with Gasteiger partial charge in [-0.1, -0.05) is 12.1 Å². The summed E-state index contributed by atoms with van der Waals surface area (Å²) in [7, 11) is 1.63. The van der Waals surface area contributed by atoms with Gasteiger partial charge in [-0.2, -0.15) is 13.2 Å². The summed E-state index contributed by atoms with van der Waals surface area (Å²) in [5.74, 6) is 0.201. The molecule has 4 rings (SSSR count). The first kappa shape index (κ1) is 21.3. The molecule has 0 saturated carbocycles. The van der Waals surface area contributed by atoms with Crippen LogP contribution in [0.5, 0.6) is 5.75 Å². The van der Waals surface area contributed by atoms with Crippen molar-refractivity contribution in [2.24, 2.45) is 5.92 Å². The summed E-state index contributed by atoms with van der Waals surface area (Å²) in [6.45, 7) is 4.20. The number of fused-ring (bicyclic) bond motifs is 3. The maximum absolute atomic E-state index is 13.3. The number of nitrogens with one attached hydrogen (secondary N) is 1. The van der Waals surface area contributed by atoms with Gasteiger partial charge in [-0.15, -0.1) is 0 Å². The van der Waals surface area contributed by atoms with Gasteiger partial charge in [-0.3, -0.25) is 4.79 Å². The summed E-state index contributed by atoms with van der Waals surface area (Å²) in [6, 6.07) is 11.5. The summed E-state index contributed by atoms with van der Waals surface area (Å²) in [5.41, 5.74) is 1.65. The molecule has 0 unspecified atom stereocenters. The van der Waals surface area contributed by atoms with E-state index in [1.54, 1.807) is 13.2 Å². The molecule has 2 aliphatic heterocycles. The van der Waals surface area contributed by atoms with E-state index in [0.29, 0.717) is 31.7 Å². The highest BCUT2D eigenvalue weighted by molar-refractivity contribution is 5.82. The zero-order chi connectivity index (χ0) is 22.2. The number of halogens is 3. The van der Waals surface area contributed by atoms with Gasteiger partial charge in [0.05, 0.1) is 30.3 Å². The number of ether oxygens (including phenoxy) is 1. The Hall–Kier alpha value is -2.90. The van der Waals surface area contributed by atoms with Gasteiger partial charge in [0.15, 0.2) is 0 Å². The molecule has 1 N–H and O–H groups in total. The molecule has 0 radical (unpaired) electrons. The zero-order valence-electron chi connectivity index (χ0n) is 17.6. The fourth-order valence-electron chi connectivity index (χ4n) is 4.71. The van der Waals surface area contributed by atoms with Crippen molar-refractivity contribution >= 4 is 17.3 Å². The monoisotopic (exact) mass is 433 g/mol. The average Bonchev–Trinajstić information content (AvgIpc) is 2.77. The van der Waals surface area contributed by atoms with Crippen molar-refractivity contribution in [1.29, 1.82) is 0 Å². The van der Waals surface area contributed by atoms with E-state index in [-0.39, 0.29) is 18.4 Å². The summed E-state index contributed by atoms with van der Waals surface area (Å²) in [4.78, 5) is 17.2. The molecular weight excluding hydrogens is 407 g/mol. The van der Waals surface area contributed by atoms with Crippen molar-refractivity contribution in [1.82, 2.24) is 5.32 Å². The van der Waals surface area contributed by atoms with Gasteiger partial charge >= 0.3 is 6.18 Å². The second-order valence-corrected chi connectivity index (χ2v) is 7.93. The van der Waals surface area contributed by atoms with Crippen molar-refractivity contribution in [2.75, 3.05) is 43.1 Å². The van der Waals surface area contributed by atoms with Crippen LogP contribution in [0, 0.1) is 5.92 Å². The fraction of sp³-hybridized carbons (Fsp3) is 0.435. The Labute approximate surface area is 179 Å². The minimum absolute atomic E-state index is 0.123. The molecular formula is C23H26F3N3O2. The van der Waals surface area contributed by atoms with E-state index in [1.165, 1.54) is 6.07 Å². The Balaban J connectivity index is 1.70. The van der Waals surface area contributed by atoms with Gasteiger partial charge in [-0.05, 0) is 49.2 Å². The highest BCUT2D eigenvalue weighted by Gasteiger charge is 2.43. The van der Waals surface area contributed by atoms with Crippen LogP contribution < -0.4 is 19.9 Å². The van der Waals surface area contributed by atoms with Crippen molar-refractivity contribution in [3.63, 3.8) is 0 Å². The fourth-order valence-corrected chi connectivity index (χ4v) is 4.71. The molecule has 2 aromatic rings. The molecule has 8 heteroatoms. The molecule has 5 nitrogen and oxygen atoms in total. The van der Waals surface area contributed by atoms with Crippen LogP contribution >= 0.6 is 0 Å². The van der Waals surface area contributed by atoms with E-state index < -0.39 is 17.7 Å². The summed E-state index contributed by atoms with van der Waals surface area (Å²) >= 11 is 0. The van der Waals surface area contributed by atoms with Crippen LogP contribution in [0.3, 0.4) is 0 Å². The molecule has 166 valence electrons. The Kier molecular flexibility index (Phi) is 5.73. The second-order valence-electron chi connectivity index (χ2n) is 7.93. The molecule has 0 bridgehead atoms. The van der Waals surface area contributed by atoms with Crippen LogP contribution in [-0.2, 0) is 17.4 Å². The number of para-hydroxylation sites is 2. The number of hydrogen-bond donors (Lipinski definition) is 1. The summed E-state index contributed by atoms with van der Waals surface area (Å²) in [5, 5.41) is 2.87. The van der Waals surface area contributed by atoms with Gasteiger partial charge in [0, 0.05) is 31.9 Å². The molecule has 1 saturated heterocycles. The SMILES string of the molecule is CCNC(=O)[C@H]1Cc2cc(C(F)(F)F)ccc2N2CCN(c3ccccc3OC)C[C@H]12. The number of benzene rings is 2. The lowest BCUT2D eigenvalue weighted by Crippen LogP contribution is -2.61. The standard InChI is InChI=1S/C23H26F3N3O2/c1-3-27-22(30)17-13-15-12-16(23(24,25)26)8-9-18(15)29-11-10-28(14-20(17)29)19-6-4-5-7-21(19)31-2/h4-9,12,17,20H,3,10-11,13-14H2,1-2H3,(H,27,30)/t17-,20+/m0/s1. The third kappa shape index (κ3) is 4.03. The average molecular weight is 433 g/mol. The van der Waals surface area contributed by atoms with Gasteiger partial charge in [0.25, 0.3) is 0 Å². The van der Waals surface area contributed by atoms with Crippen molar-refractivity contribution in [2.45, 2.75) is 25.6 Å². The van der Waals surface area contributed by atoms with E-state index >= 15 is 0 Å². The first-order valence-electron chi connectivity index (χ1n) is 10.5. The number of piperazine rings is 1. The molecule has 2 aliphatic rings.